The zero-order valence-electron chi connectivity index (χ0n) is 9.77. The van der Waals surface area contributed by atoms with Crippen molar-refractivity contribution in [3.05, 3.63) is 45.6 Å². The number of rotatable bonds is 3. The van der Waals surface area contributed by atoms with Crippen LogP contribution in [0.4, 0.5) is 13.2 Å². The third-order valence-electron chi connectivity index (χ3n) is 2.35. The van der Waals surface area contributed by atoms with E-state index < -0.39 is 17.5 Å². The van der Waals surface area contributed by atoms with Crippen LogP contribution in [0.5, 0.6) is 11.5 Å². The van der Waals surface area contributed by atoms with Crippen molar-refractivity contribution in [2.75, 3.05) is 0 Å². The fourth-order valence-electron chi connectivity index (χ4n) is 1.49. The van der Waals surface area contributed by atoms with Crippen LogP contribution in [0.1, 0.15) is 20.8 Å². The molecular formula is C13H6F3NO2S. The van der Waals surface area contributed by atoms with Gasteiger partial charge in [0.1, 0.15) is 11.5 Å². The molecule has 1 heterocycles. The van der Waals surface area contributed by atoms with Crippen LogP contribution >= 0.6 is 11.3 Å². The smallest absolute Gasteiger partial charge is 0.420 e. The molecule has 0 N–H and O–H groups in total. The Morgan fingerprint density at radius 3 is 2.60 bits per heavy atom. The van der Waals surface area contributed by atoms with E-state index in [1.165, 1.54) is 17.5 Å². The monoisotopic (exact) mass is 297 g/mol. The minimum atomic E-state index is -4.63. The second-order valence-electron chi connectivity index (χ2n) is 3.73. The van der Waals surface area contributed by atoms with Crippen molar-refractivity contribution in [3.63, 3.8) is 0 Å². The van der Waals surface area contributed by atoms with Gasteiger partial charge in [-0.3, -0.25) is 4.79 Å². The Balaban J connectivity index is 2.40. The largest absolute Gasteiger partial charge is 0.456 e. The van der Waals surface area contributed by atoms with Gasteiger partial charge in [0.05, 0.1) is 22.1 Å². The first-order chi connectivity index (χ1) is 9.44. The SMILES string of the molecule is N#Cc1ccc(Oc2csc(C=O)c2)c(C(F)(F)F)c1. The number of hydrogen-bond acceptors (Lipinski definition) is 4. The number of carbonyl (C=O) groups excluding carboxylic acids is 1. The van der Waals surface area contributed by atoms with E-state index in [2.05, 4.69) is 0 Å². The molecule has 1 aromatic heterocycles. The van der Waals surface area contributed by atoms with Gasteiger partial charge < -0.3 is 4.74 Å². The number of alkyl halides is 3. The van der Waals surface area contributed by atoms with Crippen LogP contribution < -0.4 is 4.74 Å². The van der Waals surface area contributed by atoms with Crippen LogP contribution in [-0.4, -0.2) is 6.29 Å². The van der Waals surface area contributed by atoms with Crippen LogP contribution in [0.25, 0.3) is 0 Å². The number of thiophene rings is 1. The lowest BCUT2D eigenvalue weighted by Crippen LogP contribution is -2.07. The summed E-state index contributed by atoms with van der Waals surface area (Å²) in [6, 6.07) is 6.03. The molecule has 0 unspecified atom stereocenters. The van der Waals surface area contributed by atoms with Crippen LogP contribution in [0.2, 0.25) is 0 Å². The molecule has 0 radical (unpaired) electrons. The van der Waals surface area contributed by atoms with E-state index in [1.54, 1.807) is 6.07 Å². The fourth-order valence-corrected chi connectivity index (χ4v) is 2.09. The van der Waals surface area contributed by atoms with Crippen molar-refractivity contribution in [1.82, 2.24) is 0 Å². The molecule has 0 spiro atoms. The van der Waals surface area contributed by atoms with Gasteiger partial charge >= 0.3 is 6.18 Å². The lowest BCUT2D eigenvalue weighted by Gasteiger charge is -2.13. The van der Waals surface area contributed by atoms with Gasteiger partial charge in [0.25, 0.3) is 0 Å². The molecule has 0 aliphatic carbocycles. The average molecular weight is 297 g/mol. The zero-order valence-corrected chi connectivity index (χ0v) is 10.6. The topological polar surface area (TPSA) is 50.1 Å². The van der Waals surface area contributed by atoms with E-state index in [-0.39, 0.29) is 11.3 Å². The highest BCUT2D eigenvalue weighted by molar-refractivity contribution is 7.11. The van der Waals surface area contributed by atoms with Crippen LogP contribution in [0.3, 0.4) is 0 Å². The van der Waals surface area contributed by atoms with E-state index in [0.29, 0.717) is 11.2 Å². The summed E-state index contributed by atoms with van der Waals surface area (Å²) in [5.74, 6) is -0.265. The highest BCUT2D eigenvalue weighted by Crippen LogP contribution is 2.39. The van der Waals surface area contributed by atoms with Crippen molar-refractivity contribution in [2.45, 2.75) is 6.18 Å². The molecule has 3 nitrogen and oxygen atoms in total. The van der Waals surface area contributed by atoms with Crippen molar-refractivity contribution < 1.29 is 22.7 Å². The Morgan fingerprint density at radius 1 is 1.30 bits per heavy atom. The first-order valence-electron chi connectivity index (χ1n) is 5.27. The normalized spacial score (nSPS) is 10.9. The molecule has 0 saturated heterocycles. The predicted octanol–water partition coefficient (Wildman–Crippen LogP) is 4.24. The Morgan fingerprint density at radius 2 is 2.05 bits per heavy atom. The summed E-state index contributed by atoms with van der Waals surface area (Å²) in [6.07, 6.45) is -4.05. The highest BCUT2D eigenvalue weighted by Gasteiger charge is 2.35. The molecule has 0 fully saturated rings. The number of aldehydes is 1. The second kappa shape index (κ2) is 5.35. The number of halogens is 3. The minimum Gasteiger partial charge on any atom is -0.456 e. The fraction of sp³-hybridized carbons (Fsp3) is 0.0769. The Labute approximate surface area is 115 Å². The lowest BCUT2D eigenvalue weighted by atomic mass is 10.1. The summed E-state index contributed by atoms with van der Waals surface area (Å²) in [4.78, 5) is 10.9. The molecule has 2 aromatic rings. The average Bonchev–Trinajstić information content (AvgIpc) is 2.85. The molecule has 102 valence electrons. The van der Waals surface area contributed by atoms with Gasteiger partial charge in [0, 0.05) is 11.4 Å². The first kappa shape index (κ1) is 14.1. The van der Waals surface area contributed by atoms with Gasteiger partial charge in [0.2, 0.25) is 0 Å². The van der Waals surface area contributed by atoms with Gasteiger partial charge in [-0.1, -0.05) is 0 Å². The Bertz CT molecular complexity index is 686. The molecular weight excluding hydrogens is 291 g/mol. The van der Waals surface area contributed by atoms with E-state index >= 15 is 0 Å². The van der Waals surface area contributed by atoms with Crippen molar-refractivity contribution in [1.29, 1.82) is 5.26 Å². The number of nitrogens with zero attached hydrogens (tertiary/aromatic N) is 1. The van der Waals surface area contributed by atoms with Crippen molar-refractivity contribution in [3.8, 4) is 17.6 Å². The summed E-state index contributed by atoms with van der Waals surface area (Å²) < 4.78 is 43.8. The maximum absolute atomic E-state index is 12.9. The van der Waals surface area contributed by atoms with Gasteiger partial charge in [-0.2, -0.15) is 18.4 Å². The molecule has 20 heavy (non-hydrogen) atoms. The van der Waals surface area contributed by atoms with Gasteiger partial charge in [-0.15, -0.1) is 11.3 Å². The molecule has 2 rings (SSSR count). The number of ether oxygens (including phenoxy) is 1. The third-order valence-corrected chi connectivity index (χ3v) is 3.19. The molecule has 0 atom stereocenters. The lowest BCUT2D eigenvalue weighted by molar-refractivity contribution is -0.138. The van der Waals surface area contributed by atoms with Crippen LogP contribution in [-0.2, 0) is 6.18 Å². The quantitative estimate of drug-likeness (QED) is 0.796. The summed E-state index contributed by atoms with van der Waals surface area (Å²) >= 11 is 1.06. The summed E-state index contributed by atoms with van der Waals surface area (Å²) in [5.41, 5.74) is -1.14. The van der Waals surface area contributed by atoms with E-state index in [1.807, 2.05) is 0 Å². The predicted molar refractivity (Wildman–Crippen MR) is 65.9 cm³/mol. The zero-order chi connectivity index (χ0) is 14.8. The van der Waals surface area contributed by atoms with Gasteiger partial charge in [0.15, 0.2) is 6.29 Å². The third kappa shape index (κ3) is 2.97. The minimum absolute atomic E-state index is 0.108. The van der Waals surface area contributed by atoms with Gasteiger partial charge in [-0.25, -0.2) is 0 Å². The van der Waals surface area contributed by atoms with Crippen molar-refractivity contribution >= 4 is 17.6 Å². The number of carbonyl (C=O) groups is 1. The number of nitriles is 1. The summed E-state index contributed by atoms with van der Waals surface area (Å²) in [5, 5.41) is 10.1. The van der Waals surface area contributed by atoms with Crippen molar-refractivity contribution in [2.24, 2.45) is 0 Å². The molecule has 7 heteroatoms. The molecule has 0 aliphatic heterocycles. The second-order valence-corrected chi connectivity index (χ2v) is 4.67. The van der Waals surface area contributed by atoms with Gasteiger partial charge in [-0.05, 0) is 18.2 Å². The number of benzene rings is 1. The highest BCUT2D eigenvalue weighted by atomic mass is 32.1. The van der Waals surface area contributed by atoms with E-state index in [9.17, 15) is 18.0 Å². The maximum atomic E-state index is 12.9. The van der Waals surface area contributed by atoms with Crippen LogP contribution in [0, 0.1) is 11.3 Å². The maximum Gasteiger partial charge on any atom is 0.420 e. The van der Waals surface area contributed by atoms with Crippen LogP contribution in [0.15, 0.2) is 29.6 Å². The summed E-state index contributed by atoms with van der Waals surface area (Å²) in [7, 11) is 0. The molecule has 0 saturated carbocycles. The Hall–Kier alpha value is -2.33. The standard InChI is InChI=1S/C13H6F3NO2S/c14-13(15,16)11-3-8(5-17)1-2-12(11)19-9-4-10(6-18)20-7-9/h1-4,6-7H. The molecule has 0 aliphatic rings. The Kier molecular flexibility index (Phi) is 3.77. The van der Waals surface area contributed by atoms with E-state index in [0.717, 1.165) is 23.5 Å². The first-order valence-corrected chi connectivity index (χ1v) is 6.15. The number of hydrogen-bond donors (Lipinski definition) is 0. The molecule has 0 bridgehead atoms. The summed E-state index contributed by atoms with van der Waals surface area (Å²) in [6.45, 7) is 0. The molecule has 0 amide bonds. The molecule has 1 aromatic carbocycles. The van der Waals surface area contributed by atoms with E-state index in [4.69, 9.17) is 10.00 Å².